The molecule has 0 aliphatic carbocycles. The molecule has 1 N–H and O–H groups in total. The summed E-state index contributed by atoms with van der Waals surface area (Å²) in [5.74, 6) is -0.311. The van der Waals surface area contributed by atoms with E-state index in [1.807, 2.05) is 32.2 Å². The number of thiophene rings is 1. The van der Waals surface area contributed by atoms with Gasteiger partial charge in [0, 0.05) is 19.6 Å². The number of nitrogens with one attached hydrogen (secondary N) is 1. The number of rotatable bonds is 5. The fraction of sp³-hybridized carbons (Fsp3) is 0.643. The summed E-state index contributed by atoms with van der Waals surface area (Å²) in [6.45, 7) is 6.42. The third-order valence-electron chi connectivity index (χ3n) is 3.49. The summed E-state index contributed by atoms with van der Waals surface area (Å²) >= 11 is 1.36. The molecule has 1 aromatic rings. The molecule has 0 spiro atoms. The highest BCUT2D eigenvalue weighted by Crippen LogP contribution is 2.16. The van der Waals surface area contributed by atoms with E-state index in [2.05, 4.69) is 5.32 Å². The van der Waals surface area contributed by atoms with E-state index in [4.69, 9.17) is 4.74 Å². The molecule has 8 heteroatoms. The van der Waals surface area contributed by atoms with Gasteiger partial charge in [0.05, 0.1) is 22.8 Å². The second-order valence-corrected chi connectivity index (χ2v) is 8.58. The predicted molar refractivity (Wildman–Crippen MR) is 86.8 cm³/mol. The maximum Gasteiger partial charge on any atom is 0.261 e. The molecule has 22 heavy (non-hydrogen) atoms. The average Bonchev–Trinajstić information content (AvgIpc) is 2.83. The number of morpholine rings is 1. The number of carbonyl (C=O) groups excluding carboxylic acids is 1. The Hall–Kier alpha value is -0.960. The fourth-order valence-electron chi connectivity index (χ4n) is 2.47. The Morgan fingerprint density at radius 2 is 2.05 bits per heavy atom. The molecule has 0 aromatic carbocycles. The smallest absolute Gasteiger partial charge is 0.261 e. The summed E-state index contributed by atoms with van der Waals surface area (Å²) in [7, 11) is -3.38. The van der Waals surface area contributed by atoms with Crippen LogP contribution in [-0.4, -0.2) is 56.2 Å². The molecule has 1 amide bonds. The molecule has 1 aliphatic rings. The Morgan fingerprint density at radius 3 is 2.59 bits per heavy atom. The second kappa shape index (κ2) is 7.08. The van der Waals surface area contributed by atoms with Crippen LogP contribution in [0.25, 0.3) is 0 Å². The number of hydrogen-bond donors (Lipinski definition) is 1. The predicted octanol–water partition coefficient (Wildman–Crippen LogP) is 1.23. The Kier molecular flexibility index (Phi) is 5.60. The molecule has 0 saturated carbocycles. The van der Waals surface area contributed by atoms with Crippen LogP contribution < -0.4 is 5.32 Å². The van der Waals surface area contributed by atoms with Crippen molar-refractivity contribution >= 4 is 27.3 Å². The first-order chi connectivity index (χ1) is 10.3. The third kappa shape index (κ3) is 4.28. The molecule has 1 aliphatic heterocycles. The topological polar surface area (TPSA) is 75.7 Å². The first-order valence-corrected chi connectivity index (χ1v) is 9.74. The average molecular weight is 346 g/mol. The summed E-state index contributed by atoms with van der Waals surface area (Å²) in [6, 6.07) is 1.87. The van der Waals surface area contributed by atoms with E-state index in [0.717, 1.165) is 5.56 Å². The van der Waals surface area contributed by atoms with Crippen molar-refractivity contribution in [2.45, 2.75) is 33.0 Å². The minimum atomic E-state index is -3.38. The van der Waals surface area contributed by atoms with E-state index >= 15 is 0 Å². The molecule has 1 aromatic heterocycles. The molecule has 0 bridgehead atoms. The summed E-state index contributed by atoms with van der Waals surface area (Å²) in [4.78, 5) is 12.6. The van der Waals surface area contributed by atoms with Gasteiger partial charge in [-0.05, 0) is 37.8 Å². The van der Waals surface area contributed by atoms with Crippen LogP contribution >= 0.6 is 11.3 Å². The van der Waals surface area contributed by atoms with Crippen LogP contribution in [0.4, 0.5) is 0 Å². The van der Waals surface area contributed by atoms with Gasteiger partial charge in [-0.25, -0.2) is 8.42 Å². The number of sulfonamides is 1. The lowest BCUT2D eigenvalue weighted by molar-refractivity contribution is -0.0440. The van der Waals surface area contributed by atoms with Crippen molar-refractivity contribution in [2.24, 2.45) is 0 Å². The van der Waals surface area contributed by atoms with Crippen LogP contribution in [0.15, 0.2) is 11.4 Å². The minimum absolute atomic E-state index is 0.0946. The Labute approximate surface area is 135 Å². The van der Waals surface area contributed by atoms with Crippen LogP contribution in [0, 0.1) is 6.92 Å². The summed E-state index contributed by atoms with van der Waals surface area (Å²) in [6.07, 6.45) is -0.219. The molecule has 2 heterocycles. The highest BCUT2D eigenvalue weighted by molar-refractivity contribution is 7.89. The third-order valence-corrected chi connectivity index (χ3v) is 6.31. The standard InChI is InChI=1S/C14H22N2O4S2/c1-10-4-6-21-13(10)14(17)15-5-7-22(18,19)16-8-11(2)20-12(3)9-16/h4,6,11-12H,5,7-9H2,1-3H3,(H,15,17)/t11-,12-/m1/s1. The van der Waals surface area contributed by atoms with E-state index in [0.29, 0.717) is 18.0 Å². The highest BCUT2D eigenvalue weighted by Gasteiger charge is 2.30. The number of aryl methyl sites for hydroxylation is 1. The molecule has 2 rings (SSSR count). The highest BCUT2D eigenvalue weighted by atomic mass is 32.2. The maximum atomic E-state index is 12.3. The monoisotopic (exact) mass is 346 g/mol. The summed E-state index contributed by atoms with van der Waals surface area (Å²) < 4.78 is 31.7. The number of ether oxygens (including phenoxy) is 1. The largest absolute Gasteiger partial charge is 0.373 e. The molecule has 0 unspecified atom stereocenters. The lowest BCUT2D eigenvalue weighted by Crippen LogP contribution is -2.49. The molecular formula is C14H22N2O4S2. The molecule has 6 nitrogen and oxygen atoms in total. The van der Waals surface area contributed by atoms with E-state index in [9.17, 15) is 13.2 Å². The Morgan fingerprint density at radius 1 is 1.41 bits per heavy atom. The fourth-order valence-corrected chi connectivity index (χ4v) is 4.80. The molecule has 0 radical (unpaired) electrons. The van der Waals surface area contributed by atoms with Gasteiger partial charge in [0.1, 0.15) is 0 Å². The summed E-state index contributed by atoms with van der Waals surface area (Å²) in [5.41, 5.74) is 0.904. The zero-order valence-electron chi connectivity index (χ0n) is 13.0. The Bertz CT molecular complexity index is 617. The van der Waals surface area contributed by atoms with Gasteiger partial charge in [0.15, 0.2) is 0 Å². The first-order valence-electron chi connectivity index (χ1n) is 7.25. The number of carbonyl (C=O) groups is 1. The van der Waals surface area contributed by atoms with Crippen molar-refractivity contribution < 1.29 is 17.9 Å². The van der Waals surface area contributed by atoms with Crippen molar-refractivity contribution in [2.75, 3.05) is 25.4 Å². The van der Waals surface area contributed by atoms with E-state index in [1.54, 1.807) is 0 Å². The Balaban J connectivity index is 1.87. The molecule has 124 valence electrons. The number of hydrogen-bond acceptors (Lipinski definition) is 5. The summed E-state index contributed by atoms with van der Waals surface area (Å²) in [5, 5.41) is 4.52. The van der Waals surface area contributed by atoms with Gasteiger partial charge in [0.25, 0.3) is 5.91 Å². The molecule has 2 atom stereocenters. The molecule has 1 fully saturated rings. The quantitative estimate of drug-likeness (QED) is 0.870. The zero-order chi connectivity index (χ0) is 16.3. The minimum Gasteiger partial charge on any atom is -0.373 e. The number of nitrogens with zero attached hydrogens (tertiary/aromatic N) is 1. The SMILES string of the molecule is Cc1ccsc1C(=O)NCCS(=O)(=O)N1C[C@@H](C)O[C@H](C)C1. The normalized spacial score (nSPS) is 23.4. The van der Waals surface area contributed by atoms with E-state index < -0.39 is 10.0 Å². The first kappa shape index (κ1) is 17.4. The van der Waals surface area contributed by atoms with E-state index in [1.165, 1.54) is 15.6 Å². The van der Waals surface area contributed by atoms with E-state index in [-0.39, 0.29) is 30.4 Å². The van der Waals surface area contributed by atoms with Crippen molar-refractivity contribution in [3.63, 3.8) is 0 Å². The van der Waals surface area contributed by atoms with Gasteiger partial charge in [-0.15, -0.1) is 11.3 Å². The number of amides is 1. The van der Waals surface area contributed by atoms with Crippen LogP contribution in [-0.2, 0) is 14.8 Å². The van der Waals surface area contributed by atoms with Crippen LogP contribution in [0.1, 0.15) is 29.1 Å². The van der Waals surface area contributed by atoms with Crippen molar-refractivity contribution in [1.29, 1.82) is 0 Å². The van der Waals surface area contributed by atoms with Crippen LogP contribution in [0.5, 0.6) is 0 Å². The van der Waals surface area contributed by atoms with Crippen molar-refractivity contribution in [3.05, 3.63) is 21.9 Å². The lowest BCUT2D eigenvalue weighted by Gasteiger charge is -2.34. The van der Waals surface area contributed by atoms with Gasteiger partial charge < -0.3 is 10.1 Å². The maximum absolute atomic E-state index is 12.3. The molecular weight excluding hydrogens is 324 g/mol. The van der Waals surface area contributed by atoms with Gasteiger partial charge >= 0.3 is 0 Å². The van der Waals surface area contributed by atoms with Gasteiger partial charge in [-0.1, -0.05) is 0 Å². The van der Waals surface area contributed by atoms with Gasteiger partial charge in [0.2, 0.25) is 10.0 Å². The van der Waals surface area contributed by atoms with Crippen LogP contribution in [0.3, 0.4) is 0 Å². The van der Waals surface area contributed by atoms with Gasteiger partial charge in [-0.3, -0.25) is 4.79 Å². The van der Waals surface area contributed by atoms with Crippen LogP contribution in [0.2, 0.25) is 0 Å². The zero-order valence-corrected chi connectivity index (χ0v) is 14.7. The van der Waals surface area contributed by atoms with Crippen molar-refractivity contribution in [1.82, 2.24) is 9.62 Å². The van der Waals surface area contributed by atoms with Gasteiger partial charge in [-0.2, -0.15) is 4.31 Å². The second-order valence-electron chi connectivity index (χ2n) is 5.58. The molecule has 1 saturated heterocycles. The van der Waals surface area contributed by atoms with Crippen molar-refractivity contribution in [3.8, 4) is 0 Å². The lowest BCUT2D eigenvalue weighted by atomic mass is 10.3.